The second kappa shape index (κ2) is 11.5. The van der Waals surface area contributed by atoms with Gasteiger partial charge in [0.15, 0.2) is 5.75 Å². The molecule has 2 aliphatic heterocycles. The minimum absolute atomic E-state index is 0.125. The van der Waals surface area contributed by atoms with Crippen LogP contribution in [0.4, 0.5) is 16.2 Å². The number of para-hydroxylation sites is 1. The normalized spacial score (nSPS) is 18.8. The highest BCUT2D eigenvalue weighted by atomic mass is 32.2. The molecule has 3 heterocycles. The summed E-state index contributed by atoms with van der Waals surface area (Å²) in [5.41, 5.74) is 3.11. The lowest BCUT2D eigenvalue weighted by Gasteiger charge is -2.35. The zero-order valence-corrected chi connectivity index (χ0v) is 28.5. The number of piperazine rings is 1. The second-order valence-corrected chi connectivity index (χ2v) is 16.0. The zero-order valence-electron chi connectivity index (χ0n) is 27.6. The number of carbonyl (C=O) groups excluding carboxylic acids is 2. The maximum Gasteiger partial charge on any atom is 0.410 e. The largest absolute Gasteiger partial charge is 0.492 e. The Kier molecular flexibility index (Phi) is 8.37. The first-order chi connectivity index (χ1) is 20.8. The van der Waals surface area contributed by atoms with E-state index in [-0.39, 0.29) is 40.9 Å². The number of sulfonamides is 1. The van der Waals surface area contributed by atoms with Gasteiger partial charge in [0.05, 0.1) is 30.3 Å². The van der Waals surface area contributed by atoms with E-state index in [0.29, 0.717) is 24.5 Å². The summed E-state index contributed by atoms with van der Waals surface area (Å²) < 4.78 is 39.9. The Hall–Kier alpha value is -3.77. The Labute approximate surface area is 265 Å². The summed E-state index contributed by atoms with van der Waals surface area (Å²) in [7, 11) is -0.287. The van der Waals surface area contributed by atoms with Gasteiger partial charge in [-0.25, -0.2) is 13.2 Å². The summed E-state index contributed by atoms with van der Waals surface area (Å²) in [6.45, 7) is 13.8. The van der Waals surface area contributed by atoms with Gasteiger partial charge in [-0.1, -0.05) is 39.0 Å². The van der Waals surface area contributed by atoms with Crippen LogP contribution in [0.2, 0.25) is 0 Å². The maximum atomic E-state index is 13.8. The highest BCUT2D eigenvalue weighted by molar-refractivity contribution is 7.92. The SMILES string of the molecule is COc1c(NC(=O)c2cc3cccc(CN4C[C@H]5C[C@@H]4CN5C(=O)OC(C)(C)C)c3n2C)cc(C(C)(C)C)cc1NS(C)(=O)=O. The van der Waals surface area contributed by atoms with E-state index in [1.54, 1.807) is 6.07 Å². The van der Waals surface area contributed by atoms with Crippen LogP contribution >= 0.6 is 0 Å². The quantitative estimate of drug-likeness (QED) is 0.360. The van der Waals surface area contributed by atoms with Gasteiger partial charge in [0.1, 0.15) is 11.3 Å². The molecule has 0 unspecified atom stereocenters. The van der Waals surface area contributed by atoms with Crippen molar-refractivity contribution in [1.29, 1.82) is 0 Å². The Morgan fingerprint density at radius 3 is 2.27 bits per heavy atom. The second-order valence-electron chi connectivity index (χ2n) is 14.2. The van der Waals surface area contributed by atoms with Crippen molar-refractivity contribution in [3.63, 3.8) is 0 Å². The molecular weight excluding hydrogens is 594 g/mol. The van der Waals surface area contributed by atoms with Gasteiger partial charge in [0, 0.05) is 44.2 Å². The van der Waals surface area contributed by atoms with Gasteiger partial charge in [0.2, 0.25) is 10.0 Å². The molecule has 0 spiro atoms. The number of hydrogen-bond donors (Lipinski definition) is 2. The number of aryl methyl sites for hydroxylation is 1. The van der Waals surface area contributed by atoms with Gasteiger partial charge in [0.25, 0.3) is 5.91 Å². The number of anilines is 2. The van der Waals surface area contributed by atoms with Crippen LogP contribution in [-0.2, 0) is 33.8 Å². The van der Waals surface area contributed by atoms with E-state index in [2.05, 4.69) is 21.0 Å². The van der Waals surface area contributed by atoms with Crippen molar-refractivity contribution < 1.29 is 27.5 Å². The molecule has 5 rings (SSSR count). The molecule has 45 heavy (non-hydrogen) atoms. The van der Waals surface area contributed by atoms with E-state index in [4.69, 9.17) is 9.47 Å². The van der Waals surface area contributed by atoms with Gasteiger partial charge < -0.3 is 24.3 Å². The van der Waals surface area contributed by atoms with Gasteiger partial charge >= 0.3 is 6.09 Å². The minimum Gasteiger partial charge on any atom is -0.492 e. The van der Waals surface area contributed by atoms with Crippen LogP contribution in [0.15, 0.2) is 36.4 Å². The van der Waals surface area contributed by atoms with E-state index in [0.717, 1.165) is 41.3 Å². The molecule has 2 amide bonds. The summed E-state index contributed by atoms with van der Waals surface area (Å²) >= 11 is 0. The third-order valence-corrected chi connectivity index (χ3v) is 9.02. The number of amides is 2. The summed E-state index contributed by atoms with van der Waals surface area (Å²) in [5.74, 6) is -0.117. The Morgan fingerprint density at radius 2 is 1.69 bits per heavy atom. The topological polar surface area (TPSA) is 122 Å². The number of fused-ring (bicyclic) bond motifs is 3. The van der Waals surface area contributed by atoms with Crippen molar-refractivity contribution >= 4 is 44.3 Å². The standard InChI is InChI=1S/C33H45N5O6S/c1-32(2,3)22-14-25(29(43-8)26(15-22)35-45(9,41)42)34-30(39)27-13-20-11-10-12-21(28(20)36(27)7)17-37-18-24-16-23(37)19-38(24)31(40)44-33(4,5)6/h10-15,23-24,35H,16-19H2,1-9H3,(H,34,39)/t23-,24-/m1/s1. The van der Waals surface area contributed by atoms with Crippen LogP contribution in [0.1, 0.15) is 69.6 Å². The van der Waals surface area contributed by atoms with Gasteiger partial charge in [-0.05, 0) is 61.9 Å². The van der Waals surface area contributed by atoms with Crippen molar-refractivity contribution in [2.24, 2.45) is 7.05 Å². The number of methoxy groups -OCH3 is 1. The van der Waals surface area contributed by atoms with Gasteiger partial charge in [-0.2, -0.15) is 0 Å². The molecule has 0 aliphatic carbocycles. The number of aromatic nitrogens is 1. The lowest BCUT2D eigenvalue weighted by molar-refractivity contribution is 0.0124. The fraction of sp³-hybridized carbons (Fsp3) is 0.515. The van der Waals surface area contributed by atoms with Crippen molar-refractivity contribution in [3.05, 3.63) is 53.2 Å². The molecule has 12 heteroatoms. The molecule has 2 N–H and O–H groups in total. The first-order valence-electron chi connectivity index (χ1n) is 15.2. The number of carbonyl (C=O) groups is 2. The van der Waals surface area contributed by atoms with Crippen LogP contribution in [0.3, 0.4) is 0 Å². The van der Waals surface area contributed by atoms with Crippen LogP contribution < -0.4 is 14.8 Å². The van der Waals surface area contributed by atoms with E-state index in [1.807, 2.05) is 82.3 Å². The predicted octanol–water partition coefficient (Wildman–Crippen LogP) is 5.30. The van der Waals surface area contributed by atoms with Crippen molar-refractivity contribution in [1.82, 2.24) is 14.4 Å². The molecule has 2 aliphatic rings. The lowest BCUT2D eigenvalue weighted by atomic mass is 9.86. The van der Waals surface area contributed by atoms with Crippen molar-refractivity contribution in [2.75, 3.05) is 36.5 Å². The smallest absolute Gasteiger partial charge is 0.410 e. The highest BCUT2D eigenvalue weighted by Gasteiger charge is 2.46. The van der Waals surface area contributed by atoms with E-state index < -0.39 is 15.6 Å². The molecular formula is C33H45N5O6S. The number of nitrogens with one attached hydrogen (secondary N) is 2. The fourth-order valence-electron chi connectivity index (χ4n) is 6.39. The average Bonchev–Trinajstić information content (AvgIpc) is 3.59. The van der Waals surface area contributed by atoms with Crippen molar-refractivity contribution in [3.8, 4) is 5.75 Å². The lowest BCUT2D eigenvalue weighted by Crippen LogP contribution is -2.49. The van der Waals surface area contributed by atoms with E-state index in [1.165, 1.54) is 7.11 Å². The first-order valence-corrected chi connectivity index (χ1v) is 17.1. The molecule has 0 saturated carbocycles. The average molecular weight is 640 g/mol. The zero-order chi connectivity index (χ0) is 33.1. The molecule has 2 bridgehead atoms. The number of rotatable bonds is 7. The Bertz CT molecular complexity index is 1750. The summed E-state index contributed by atoms with van der Waals surface area (Å²) in [4.78, 5) is 30.8. The van der Waals surface area contributed by atoms with Crippen LogP contribution in [0.25, 0.3) is 10.9 Å². The molecule has 244 valence electrons. The first kappa shape index (κ1) is 32.6. The summed E-state index contributed by atoms with van der Waals surface area (Å²) in [6, 6.07) is 11.9. The van der Waals surface area contributed by atoms with Crippen LogP contribution in [0, 0.1) is 0 Å². The Morgan fingerprint density at radius 1 is 1.00 bits per heavy atom. The third kappa shape index (κ3) is 6.91. The number of likely N-dealkylation sites (tertiary alicyclic amines) is 2. The number of benzene rings is 2. The molecule has 11 nitrogen and oxygen atoms in total. The summed E-state index contributed by atoms with van der Waals surface area (Å²) in [5, 5.41) is 3.92. The maximum absolute atomic E-state index is 13.8. The third-order valence-electron chi connectivity index (χ3n) is 8.43. The van der Waals surface area contributed by atoms with Gasteiger partial charge in [-0.3, -0.25) is 14.4 Å². The molecule has 0 radical (unpaired) electrons. The van der Waals surface area contributed by atoms with Crippen LogP contribution in [-0.4, -0.2) is 78.9 Å². The molecule has 2 fully saturated rings. The molecule has 2 aromatic carbocycles. The van der Waals surface area contributed by atoms with Gasteiger partial charge in [-0.15, -0.1) is 0 Å². The van der Waals surface area contributed by atoms with E-state index >= 15 is 0 Å². The van der Waals surface area contributed by atoms with Crippen molar-refractivity contribution in [2.45, 2.75) is 77.6 Å². The molecule has 3 aromatic rings. The molecule has 1 aromatic heterocycles. The van der Waals surface area contributed by atoms with E-state index in [9.17, 15) is 18.0 Å². The molecule has 2 atom stereocenters. The number of hydrogen-bond acceptors (Lipinski definition) is 7. The summed E-state index contributed by atoms with van der Waals surface area (Å²) in [6.07, 6.45) is 1.74. The highest BCUT2D eigenvalue weighted by Crippen LogP contribution is 2.40. The minimum atomic E-state index is -3.60. The monoisotopic (exact) mass is 639 g/mol. The predicted molar refractivity (Wildman–Crippen MR) is 177 cm³/mol. The Balaban J connectivity index is 1.40. The molecule has 2 saturated heterocycles. The fourth-order valence-corrected chi connectivity index (χ4v) is 6.94. The number of ether oxygens (including phenoxy) is 2. The van der Waals surface area contributed by atoms with Crippen LogP contribution in [0.5, 0.6) is 5.75 Å². The number of nitrogens with zero attached hydrogens (tertiary/aromatic N) is 3.